The summed E-state index contributed by atoms with van der Waals surface area (Å²) in [6, 6.07) is 0. The Morgan fingerprint density at radius 3 is 2.15 bits per heavy atom. The minimum Gasteiger partial charge on any atom is -0.369 e. The second kappa shape index (κ2) is 8.72. The third kappa shape index (κ3) is 12.1. The van der Waals surface area contributed by atoms with E-state index < -0.39 is 0 Å². The number of nitrogens with two attached hydrogens (primary N) is 2. The molecular formula is C8H20N2OS2. The number of primary amides is 1. The van der Waals surface area contributed by atoms with Crippen LogP contribution in [0.15, 0.2) is 0 Å². The highest BCUT2D eigenvalue weighted by Gasteiger charge is 2.16. The van der Waals surface area contributed by atoms with Gasteiger partial charge in [-0.25, -0.2) is 0 Å². The summed E-state index contributed by atoms with van der Waals surface area (Å²) in [5, 5.41) is 0. The van der Waals surface area contributed by atoms with Gasteiger partial charge >= 0.3 is 0 Å². The minimum atomic E-state index is -0.282. The lowest BCUT2D eigenvalue weighted by Crippen LogP contribution is -2.26. The molecule has 0 spiro atoms. The Hall–Kier alpha value is 0.130. The molecule has 0 saturated heterocycles. The predicted octanol–water partition coefficient (Wildman–Crippen LogP) is 1.62. The summed E-state index contributed by atoms with van der Waals surface area (Å²) in [4.78, 5) is 10.3. The summed E-state index contributed by atoms with van der Waals surface area (Å²) in [5.74, 6) is 0.0731. The molecule has 0 aliphatic heterocycles. The van der Waals surface area contributed by atoms with Crippen LogP contribution in [0.5, 0.6) is 0 Å². The molecule has 0 aliphatic carbocycles. The van der Waals surface area contributed by atoms with Crippen LogP contribution in [0.2, 0.25) is 0 Å². The smallest absolute Gasteiger partial charge is 0.228 e. The maximum atomic E-state index is 10.3. The van der Waals surface area contributed by atoms with Gasteiger partial charge < -0.3 is 11.5 Å². The molecule has 13 heavy (non-hydrogen) atoms. The van der Waals surface area contributed by atoms with Crippen LogP contribution >= 0.6 is 21.6 Å². The summed E-state index contributed by atoms with van der Waals surface area (Å²) < 4.78 is 0.0279. The van der Waals surface area contributed by atoms with Gasteiger partial charge in [-0.3, -0.25) is 4.79 Å². The molecule has 80 valence electrons. The van der Waals surface area contributed by atoms with Crippen molar-refractivity contribution in [3.05, 3.63) is 0 Å². The Bertz CT molecular complexity index is 140. The lowest BCUT2D eigenvalue weighted by Gasteiger charge is -2.19. The van der Waals surface area contributed by atoms with E-state index in [9.17, 15) is 4.79 Å². The molecule has 0 rings (SSSR count). The first-order chi connectivity index (χ1) is 5.98. The molecule has 0 heterocycles. The predicted molar refractivity (Wildman–Crippen MR) is 63.7 cm³/mol. The molecule has 0 aromatic carbocycles. The van der Waals surface area contributed by atoms with Crippen molar-refractivity contribution in [1.82, 2.24) is 0 Å². The molecule has 5 heteroatoms. The van der Waals surface area contributed by atoms with E-state index in [1.54, 1.807) is 10.8 Å². The van der Waals surface area contributed by atoms with Crippen LogP contribution in [0.3, 0.4) is 0 Å². The first-order valence-electron chi connectivity index (χ1n) is 4.27. The summed E-state index contributed by atoms with van der Waals surface area (Å²) in [5.41, 5.74) is 10.4. The van der Waals surface area contributed by atoms with Crippen LogP contribution < -0.4 is 11.5 Å². The largest absolute Gasteiger partial charge is 0.369 e. The zero-order valence-electron chi connectivity index (χ0n) is 8.79. The summed E-state index contributed by atoms with van der Waals surface area (Å²) in [6.45, 7) is 8.67. The number of carbonyl (C=O) groups is 1. The summed E-state index contributed by atoms with van der Waals surface area (Å²) in [6.07, 6.45) is 0. The molecule has 1 amide bonds. The van der Waals surface area contributed by atoms with Gasteiger partial charge in [0, 0.05) is 11.3 Å². The van der Waals surface area contributed by atoms with E-state index in [1.807, 2.05) is 27.7 Å². The maximum absolute atomic E-state index is 10.3. The number of amides is 1. The summed E-state index contributed by atoms with van der Waals surface area (Å²) in [7, 11) is 3.05. The molecule has 0 atom stereocenters. The number of hydrogen-bond acceptors (Lipinski definition) is 4. The number of carbonyl (C=O) groups excluding carboxylic acids is 1. The van der Waals surface area contributed by atoms with Crippen LogP contribution in [0, 0.1) is 0 Å². The van der Waals surface area contributed by atoms with Gasteiger partial charge in [0.05, 0.1) is 5.75 Å². The van der Waals surface area contributed by atoms with E-state index >= 15 is 0 Å². The van der Waals surface area contributed by atoms with Crippen LogP contribution in [-0.2, 0) is 4.79 Å². The molecule has 0 saturated carbocycles. The zero-order valence-corrected chi connectivity index (χ0v) is 10.4. The van der Waals surface area contributed by atoms with Gasteiger partial charge in [0.1, 0.15) is 0 Å². The second-order valence-electron chi connectivity index (χ2n) is 2.78. The van der Waals surface area contributed by atoms with Crippen LogP contribution in [0.4, 0.5) is 0 Å². The third-order valence-corrected chi connectivity index (χ3v) is 4.18. The first kappa shape index (κ1) is 15.6. The van der Waals surface area contributed by atoms with Crippen molar-refractivity contribution in [3.8, 4) is 0 Å². The Labute approximate surface area is 88.8 Å². The molecule has 0 aliphatic rings. The van der Waals surface area contributed by atoms with E-state index in [0.29, 0.717) is 12.3 Å². The van der Waals surface area contributed by atoms with Crippen molar-refractivity contribution in [2.45, 2.75) is 32.4 Å². The lowest BCUT2D eigenvalue weighted by atomic mass is 10.2. The van der Waals surface area contributed by atoms with E-state index in [2.05, 4.69) is 0 Å². The van der Waals surface area contributed by atoms with Crippen molar-refractivity contribution in [2.24, 2.45) is 11.5 Å². The van der Waals surface area contributed by atoms with Gasteiger partial charge in [-0.15, -0.1) is 0 Å². The second-order valence-corrected chi connectivity index (χ2v) is 5.78. The number of hydrogen-bond donors (Lipinski definition) is 2. The fourth-order valence-corrected chi connectivity index (χ4v) is 2.53. The van der Waals surface area contributed by atoms with Gasteiger partial charge in [0.15, 0.2) is 0 Å². The SMILES string of the molecule is CC.CC(C)(CN)SSCC(N)=O. The highest BCUT2D eigenvalue weighted by Crippen LogP contribution is 2.34. The van der Waals surface area contributed by atoms with E-state index in [0.717, 1.165) is 0 Å². The number of rotatable bonds is 5. The van der Waals surface area contributed by atoms with E-state index in [-0.39, 0.29) is 10.7 Å². The van der Waals surface area contributed by atoms with Crippen molar-refractivity contribution >= 4 is 27.5 Å². The first-order valence-corrected chi connectivity index (χ1v) is 6.59. The monoisotopic (exact) mass is 224 g/mol. The normalized spacial score (nSPS) is 10.2. The van der Waals surface area contributed by atoms with Gasteiger partial charge in [-0.05, 0) is 13.8 Å². The van der Waals surface area contributed by atoms with E-state index in [4.69, 9.17) is 11.5 Å². The highest BCUT2D eigenvalue weighted by atomic mass is 33.1. The Morgan fingerprint density at radius 1 is 1.38 bits per heavy atom. The third-order valence-electron chi connectivity index (χ3n) is 0.977. The van der Waals surface area contributed by atoms with Crippen LogP contribution in [0.1, 0.15) is 27.7 Å². The zero-order chi connectivity index (χ0) is 10.9. The average molecular weight is 224 g/mol. The molecular weight excluding hydrogens is 204 g/mol. The Balaban J connectivity index is 0. The van der Waals surface area contributed by atoms with Crippen LogP contribution in [-0.4, -0.2) is 23.0 Å². The topological polar surface area (TPSA) is 69.1 Å². The minimum absolute atomic E-state index is 0.0279. The summed E-state index contributed by atoms with van der Waals surface area (Å²) >= 11 is 0. The van der Waals surface area contributed by atoms with Crippen molar-refractivity contribution in [1.29, 1.82) is 0 Å². The highest BCUT2D eigenvalue weighted by molar-refractivity contribution is 8.77. The molecule has 0 fully saturated rings. The molecule has 0 radical (unpaired) electrons. The maximum Gasteiger partial charge on any atom is 0.228 e. The van der Waals surface area contributed by atoms with E-state index in [1.165, 1.54) is 10.8 Å². The molecule has 0 bridgehead atoms. The molecule has 0 aromatic rings. The molecule has 3 nitrogen and oxygen atoms in total. The fourth-order valence-electron chi connectivity index (χ4n) is 0.281. The van der Waals surface area contributed by atoms with Crippen LogP contribution in [0.25, 0.3) is 0 Å². The Morgan fingerprint density at radius 2 is 1.85 bits per heavy atom. The molecule has 4 N–H and O–H groups in total. The lowest BCUT2D eigenvalue weighted by molar-refractivity contribution is -0.115. The van der Waals surface area contributed by atoms with Gasteiger partial charge in [-0.1, -0.05) is 35.4 Å². The molecule has 0 aromatic heterocycles. The standard InChI is InChI=1S/C6H14N2OS2.C2H6/c1-6(2,4-7)11-10-3-5(8)9;1-2/h3-4,7H2,1-2H3,(H2,8,9);1-2H3. The van der Waals surface area contributed by atoms with Gasteiger partial charge in [0.2, 0.25) is 5.91 Å². The fraction of sp³-hybridized carbons (Fsp3) is 0.875. The van der Waals surface area contributed by atoms with Crippen molar-refractivity contribution in [3.63, 3.8) is 0 Å². The Kier molecular flexibility index (Phi) is 10.5. The van der Waals surface area contributed by atoms with Gasteiger partial charge in [-0.2, -0.15) is 0 Å². The van der Waals surface area contributed by atoms with Crippen molar-refractivity contribution < 1.29 is 4.79 Å². The average Bonchev–Trinajstić information content (AvgIpc) is 2.07. The van der Waals surface area contributed by atoms with Gasteiger partial charge in [0.25, 0.3) is 0 Å². The quantitative estimate of drug-likeness (QED) is 0.696. The van der Waals surface area contributed by atoms with Crippen molar-refractivity contribution in [2.75, 3.05) is 12.3 Å². The molecule has 0 unspecified atom stereocenters.